The van der Waals surface area contributed by atoms with Crippen molar-refractivity contribution < 1.29 is 13.5 Å². The van der Waals surface area contributed by atoms with Gasteiger partial charge < -0.3 is 10.1 Å². The first kappa shape index (κ1) is 16.1. The number of nitrogens with one attached hydrogen (secondary N) is 1. The van der Waals surface area contributed by atoms with Gasteiger partial charge in [-0.15, -0.1) is 0 Å². The summed E-state index contributed by atoms with van der Waals surface area (Å²) >= 11 is 0. The number of ether oxygens (including phenoxy) is 1. The molecule has 0 heterocycles. The minimum absolute atomic E-state index is 0.0473. The molecule has 0 aliphatic carbocycles. The smallest absolute Gasteiger partial charge is 0.131 e. The van der Waals surface area contributed by atoms with Gasteiger partial charge in [0.25, 0.3) is 0 Å². The number of hydrogen-bond donors (Lipinski definition) is 1. The molecule has 2 atom stereocenters. The van der Waals surface area contributed by atoms with Crippen LogP contribution < -0.4 is 5.32 Å². The molecule has 0 amide bonds. The van der Waals surface area contributed by atoms with Crippen molar-refractivity contribution in [2.45, 2.75) is 39.8 Å². The number of likely N-dealkylation sites (N-methyl/N-ethyl adjacent to an activating group) is 1. The van der Waals surface area contributed by atoms with Crippen molar-refractivity contribution in [3.63, 3.8) is 0 Å². The Morgan fingerprint density at radius 3 is 2.11 bits per heavy atom. The lowest BCUT2D eigenvalue weighted by Crippen LogP contribution is -2.42. The van der Waals surface area contributed by atoms with E-state index in [0.717, 1.165) is 0 Å². The van der Waals surface area contributed by atoms with E-state index in [4.69, 9.17) is 4.74 Å². The third-order valence-electron chi connectivity index (χ3n) is 3.14. The molecule has 0 radical (unpaired) electrons. The van der Waals surface area contributed by atoms with Crippen LogP contribution in [0.15, 0.2) is 18.2 Å². The molecule has 0 saturated heterocycles. The number of rotatable bonds is 5. The van der Waals surface area contributed by atoms with E-state index < -0.39 is 17.7 Å². The molecule has 0 aliphatic rings. The van der Waals surface area contributed by atoms with Crippen LogP contribution in [-0.4, -0.2) is 19.8 Å². The lowest BCUT2D eigenvalue weighted by molar-refractivity contribution is -0.0132. The molecule has 1 aromatic rings. The fourth-order valence-electron chi connectivity index (χ4n) is 2.38. The second-order valence-corrected chi connectivity index (χ2v) is 5.69. The van der Waals surface area contributed by atoms with Crippen molar-refractivity contribution in [2.75, 3.05) is 13.7 Å². The van der Waals surface area contributed by atoms with Crippen LogP contribution in [0.25, 0.3) is 0 Å². The molecule has 108 valence electrons. The summed E-state index contributed by atoms with van der Waals surface area (Å²) in [6, 6.07) is 3.41. The Kier molecular flexibility index (Phi) is 5.44. The Balaban J connectivity index is 3.27. The van der Waals surface area contributed by atoms with Crippen LogP contribution in [0, 0.1) is 17.0 Å². The van der Waals surface area contributed by atoms with Crippen LogP contribution in [0.2, 0.25) is 0 Å². The number of hydrogen-bond acceptors (Lipinski definition) is 2. The monoisotopic (exact) mass is 271 g/mol. The van der Waals surface area contributed by atoms with E-state index in [1.807, 2.05) is 27.7 Å². The third-order valence-corrected chi connectivity index (χ3v) is 3.14. The molecule has 4 heteroatoms. The molecule has 0 bridgehead atoms. The summed E-state index contributed by atoms with van der Waals surface area (Å²) in [4.78, 5) is 0. The highest BCUT2D eigenvalue weighted by Gasteiger charge is 2.35. The lowest BCUT2D eigenvalue weighted by atomic mass is 9.81. The Hall–Kier alpha value is -1.00. The Morgan fingerprint density at radius 2 is 1.74 bits per heavy atom. The minimum Gasteiger partial charge on any atom is -0.379 e. The molecule has 0 fully saturated rings. The van der Waals surface area contributed by atoms with Crippen LogP contribution in [0.1, 0.15) is 39.3 Å². The Morgan fingerprint density at radius 1 is 1.21 bits per heavy atom. The quantitative estimate of drug-likeness (QED) is 0.882. The van der Waals surface area contributed by atoms with Crippen LogP contribution >= 0.6 is 0 Å². The summed E-state index contributed by atoms with van der Waals surface area (Å²) in [5, 5.41) is 3.13. The first-order valence-electron chi connectivity index (χ1n) is 6.53. The minimum atomic E-state index is -0.544. The predicted octanol–water partition coefficient (Wildman–Crippen LogP) is 3.68. The summed E-state index contributed by atoms with van der Waals surface area (Å²) < 4.78 is 33.4. The molecule has 1 N–H and O–H groups in total. The zero-order chi connectivity index (χ0) is 14.6. The summed E-state index contributed by atoms with van der Waals surface area (Å²) in [7, 11) is 1.57. The zero-order valence-corrected chi connectivity index (χ0v) is 12.3. The fraction of sp³-hybridized carbons (Fsp3) is 0.600. The van der Waals surface area contributed by atoms with Gasteiger partial charge in [0.1, 0.15) is 11.6 Å². The van der Waals surface area contributed by atoms with Gasteiger partial charge in [0.2, 0.25) is 0 Å². The summed E-state index contributed by atoms with van der Waals surface area (Å²) in [5.41, 5.74) is -0.192. The first-order chi connectivity index (χ1) is 8.82. The molecule has 2 nitrogen and oxygen atoms in total. The van der Waals surface area contributed by atoms with Crippen LogP contribution in [0.4, 0.5) is 8.78 Å². The van der Waals surface area contributed by atoms with E-state index in [1.54, 1.807) is 7.11 Å². The van der Waals surface area contributed by atoms with Gasteiger partial charge in [0, 0.05) is 12.7 Å². The standard InChI is InChI=1S/C15H23F2NO/c1-6-18-13(14(19-5)15(2,3)4)12-10(16)8-7-9-11(12)17/h7-9,13-14,18H,6H2,1-5H3. The molecule has 1 rings (SSSR count). The van der Waals surface area contributed by atoms with Crippen molar-refractivity contribution in [3.8, 4) is 0 Å². The van der Waals surface area contributed by atoms with E-state index in [0.29, 0.717) is 6.54 Å². The molecule has 0 aromatic heterocycles. The van der Waals surface area contributed by atoms with Gasteiger partial charge >= 0.3 is 0 Å². The molecular weight excluding hydrogens is 248 g/mol. The van der Waals surface area contributed by atoms with Gasteiger partial charge in [-0.05, 0) is 24.1 Å². The molecule has 0 saturated carbocycles. The highest BCUT2D eigenvalue weighted by Crippen LogP contribution is 2.34. The van der Waals surface area contributed by atoms with Crippen LogP contribution in [-0.2, 0) is 4.74 Å². The molecule has 19 heavy (non-hydrogen) atoms. The van der Waals surface area contributed by atoms with E-state index in [1.165, 1.54) is 18.2 Å². The van der Waals surface area contributed by atoms with Crippen LogP contribution in [0.5, 0.6) is 0 Å². The highest BCUT2D eigenvalue weighted by atomic mass is 19.1. The maximum atomic E-state index is 14.0. The van der Waals surface area contributed by atoms with Crippen molar-refractivity contribution >= 4 is 0 Å². The summed E-state index contributed by atoms with van der Waals surface area (Å²) in [5.74, 6) is -1.09. The van der Waals surface area contributed by atoms with Gasteiger partial charge in [0.15, 0.2) is 0 Å². The second kappa shape index (κ2) is 6.44. The van der Waals surface area contributed by atoms with Gasteiger partial charge in [0.05, 0.1) is 12.1 Å². The van der Waals surface area contributed by atoms with E-state index >= 15 is 0 Å². The molecule has 0 spiro atoms. The lowest BCUT2D eigenvalue weighted by Gasteiger charge is -2.36. The molecular formula is C15H23F2NO. The zero-order valence-electron chi connectivity index (χ0n) is 12.3. The van der Waals surface area contributed by atoms with Crippen molar-refractivity contribution in [3.05, 3.63) is 35.4 Å². The maximum Gasteiger partial charge on any atom is 0.131 e. The number of halogens is 2. The van der Waals surface area contributed by atoms with Crippen molar-refractivity contribution in [1.29, 1.82) is 0 Å². The topological polar surface area (TPSA) is 21.3 Å². The SMILES string of the molecule is CCNC(c1c(F)cccc1F)C(OC)C(C)(C)C. The Bertz CT molecular complexity index is 395. The third kappa shape index (κ3) is 3.74. The highest BCUT2D eigenvalue weighted by molar-refractivity contribution is 5.25. The van der Waals surface area contributed by atoms with E-state index in [2.05, 4.69) is 5.32 Å². The Labute approximate surface area is 114 Å². The average Bonchev–Trinajstić information content (AvgIpc) is 2.27. The second-order valence-electron chi connectivity index (χ2n) is 5.69. The van der Waals surface area contributed by atoms with E-state index in [-0.39, 0.29) is 17.1 Å². The fourth-order valence-corrected chi connectivity index (χ4v) is 2.38. The normalized spacial score (nSPS) is 15.3. The number of methoxy groups -OCH3 is 1. The van der Waals surface area contributed by atoms with Crippen molar-refractivity contribution in [2.24, 2.45) is 5.41 Å². The number of benzene rings is 1. The van der Waals surface area contributed by atoms with Crippen LogP contribution in [0.3, 0.4) is 0 Å². The summed E-state index contributed by atoms with van der Waals surface area (Å²) in [6.45, 7) is 8.48. The first-order valence-corrected chi connectivity index (χ1v) is 6.53. The molecule has 0 aliphatic heterocycles. The molecule has 1 aromatic carbocycles. The van der Waals surface area contributed by atoms with Gasteiger partial charge in [-0.2, -0.15) is 0 Å². The predicted molar refractivity (Wildman–Crippen MR) is 73.0 cm³/mol. The van der Waals surface area contributed by atoms with E-state index in [9.17, 15) is 8.78 Å². The van der Waals surface area contributed by atoms with Gasteiger partial charge in [-0.3, -0.25) is 0 Å². The molecule has 2 unspecified atom stereocenters. The van der Waals surface area contributed by atoms with Gasteiger partial charge in [-0.1, -0.05) is 33.8 Å². The van der Waals surface area contributed by atoms with Crippen molar-refractivity contribution in [1.82, 2.24) is 5.32 Å². The maximum absolute atomic E-state index is 14.0. The largest absolute Gasteiger partial charge is 0.379 e. The summed E-state index contributed by atoms with van der Waals surface area (Å²) in [6.07, 6.45) is -0.334. The van der Waals surface area contributed by atoms with Gasteiger partial charge in [-0.25, -0.2) is 8.78 Å². The average molecular weight is 271 g/mol.